The van der Waals surface area contributed by atoms with Gasteiger partial charge in [0.05, 0.1) is 17.6 Å². The highest BCUT2D eigenvalue weighted by molar-refractivity contribution is 7.89. The summed E-state index contributed by atoms with van der Waals surface area (Å²) in [4.78, 5) is 15.0. The Morgan fingerprint density at radius 2 is 1.93 bits per heavy atom. The Hall–Kier alpha value is -1.58. The lowest BCUT2D eigenvalue weighted by atomic mass is 9.94. The molecule has 1 aromatic heterocycles. The van der Waals surface area contributed by atoms with Crippen molar-refractivity contribution in [1.29, 1.82) is 0 Å². The van der Waals surface area contributed by atoms with Crippen molar-refractivity contribution < 1.29 is 13.2 Å². The van der Waals surface area contributed by atoms with Gasteiger partial charge >= 0.3 is 0 Å². The third-order valence-electron chi connectivity index (χ3n) is 5.70. The number of hydrogen-bond donors (Lipinski definition) is 0. The molecule has 2 aromatic rings. The lowest BCUT2D eigenvalue weighted by Gasteiger charge is -2.36. The summed E-state index contributed by atoms with van der Waals surface area (Å²) in [7, 11) is -3.70. The fraction of sp³-hybridized carbons (Fsp3) is 0.611. The van der Waals surface area contributed by atoms with E-state index in [1.54, 1.807) is 18.2 Å². The molecule has 0 aliphatic carbocycles. The minimum atomic E-state index is -3.70. The van der Waals surface area contributed by atoms with Crippen LogP contribution in [-0.2, 0) is 14.8 Å². The number of piperidine rings is 2. The maximum absolute atomic E-state index is 13.2. The molecule has 0 bridgehead atoms. The van der Waals surface area contributed by atoms with Crippen LogP contribution >= 0.6 is 11.7 Å². The molecular formula is C18H24N4O3S2. The summed E-state index contributed by atoms with van der Waals surface area (Å²) in [6.45, 7) is 4.48. The summed E-state index contributed by atoms with van der Waals surface area (Å²) in [5.74, 6) is 0.509. The first-order valence-electron chi connectivity index (χ1n) is 9.47. The zero-order chi connectivity index (χ0) is 19.0. The second kappa shape index (κ2) is 7.44. The summed E-state index contributed by atoms with van der Waals surface area (Å²) in [5, 5.41) is 0. The van der Waals surface area contributed by atoms with Gasteiger partial charge in [0.2, 0.25) is 15.9 Å². The molecule has 3 heterocycles. The SMILES string of the molecule is CC1CCN(C(=O)[C@H]2CCCN(S(=O)(=O)c3cccc4nsnc34)C2)CC1. The van der Waals surface area contributed by atoms with Crippen LogP contribution in [0.2, 0.25) is 0 Å². The van der Waals surface area contributed by atoms with Gasteiger partial charge in [0.25, 0.3) is 0 Å². The predicted octanol–water partition coefficient (Wildman–Crippen LogP) is 2.35. The molecule has 146 valence electrons. The maximum Gasteiger partial charge on any atom is 0.245 e. The Bertz CT molecular complexity index is 935. The number of sulfonamides is 1. The summed E-state index contributed by atoms with van der Waals surface area (Å²) in [5.41, 5.74) is 1.01. The number of amides is 1. The first-order chi connectivity index (χ1) is 13.0. The average molecular weight is 409 g/mol. The van der Waals surface area contributed by atoms with Crippen LogP contribution in [0.15, 0.2) is 23.1 Å². The second-order valence-electron chi connectivity index (χ2n) is 7.60. The van der Waals surface area contributed by atoms with E-state index in [0.29, 0.717) is 29.9 Å². The zero-order valence-electron chi connectivity index (χ0n) is 15.4. The summed E-state index contributed by atoms with van der Waals surface area (Å²) >= 11 is 1.01. The fourth-order valence-corrected chi connectivity index (χ4v) is 6.25. The molecule has 27 heavy (non-hydrogen) atoms. The number of nitrogens with zero attached hydrogens (tertiary/aromatic N) is 4. The largest absolute Gasteiger partial charge is 0.342 e. The van der Waals surface area contributed by atoms with Gasteiger partial charge in [-0.2, -0.15) is 13.1 Å². The minimum absolute atomic E-state index is 0.107. The molecule has 1 atom stereocenters. The molecule has 0 radical (unpaired) electrons. The third-order valence-corrected chi connectivity index (χ3v) is 8.13. The van der Waals surface area contributed by atoms with Crippen molar-refractivity contribution in [3.05, 3.63) is 18.2 Å². The van der Waals surface area contributed by atoms with E-state index in [2.05, 4.69) is 15.7 Å². The minimum Gasteiger partial charge on any atom is -0.342 e. The number of benzene rings is 1. The highest BCUT2D eigenvalue weighted by Crippen LogP contribution is 2.29. The van der Waals surface area contributed by atoms with E-state index in [1.165, 1.54) is 4.31 Å². The number of carbonyl (C=O) groups is 1. The predicted molar refractivity (Wildman–Crippen MR) is 104 cm³/mol. The monoisotopic (exact) mass is 408 g/mol. The molecule has 2 fully saturated rings. The topological polar surface area (TPSA) is 83.5 Å². The van der Waals surface area contributed by atoms with E-state index in [9.17, 15) is 13.2 Å². The van der Waals surface area contributed by atoms with Crippen LogP contribution in [0.25, 0.3) is 11.0 Å². The van der Waals surface area contributed by atoms with Crippen molar-refractivity contribution in [2.75, 3.05) is 26.2 Å². The maximum atomic E-state index is 13.2. The van der Waals surface area contributed by atoms with Crippen LogP contribution in [0, 0.1) is 11.8 Å². The molecular weight excluding hydrogens is 384 g/mol. The van der Waals surface area contributed by atoms with E-state index in [-0.39, 0.29) is 23.3 Å². The Kier molecular flexibility index (Phi) is 5.17. The molecule has 0 unspecified atom stereocenters. The van der Waals surface area contributed by atoms with Crippen molar-refractivity contribution in [3.63, 3.8) is 0 Å². The van der Waals surface area contributed by atoms with Crippen LogP contribution in [0.4, 0.5) is 0 Å². The van der Waals surface area contributed by atoms with Gasteiger partial charge in [-0.3, -0.25) is 4.79 Å². The van der Waals surface area contributed by atoms with E-state index in [4.69, 9.17) is 0 Å². The molecule has 2 aliphatic rings. The van der Waals surface area contributed by atoms with Crippen molar-refractivity contribution in [1.82, 2.24) is 18.0 Å². The molecule has 1 amide bonds. The second-order valence-corrected chi connectivity index (χ2v) is 10.0. The molecule has 1 aromatic carbocycles. The van der Waals surface area contributed by atoms with Crippen LogP contribution in [0.1, 0.15) is 32.6 Å². The number of rotatable bonds is 3. The zero-order valence-corrected chi connectivity index (χ0v) is 17.0. The summed E-state index contributed by atoms with van der Waals surface area (Å²) in [6.07, 6.45) is 3.50. The molecule has 0 spiro atoms. The summed E-state index contributed by atoms with van der Waals surface area (Å²) < 4.78 is 36.2. The quantitative estimate of drug-likeness (QED) is 0.778. The Balaban J connectivity index is 1.54. The van der Waals surface area contributed by atoms with Gasteiger partial charge in [-0.05, 0) is 43.7 Å². The molecule has 4 rings (SSSR count). The Morgan fingerprint density at radius 1 is 1.15 bits per heavy atom. The van der Waals surface area contributed by atoms with Crippen molar-refractivity contribution in [3.8, 4) is 0 Å². The normalized spacial score (nSPS) is 23.0. The average Bonchev–Trinajstić information content (AvgIpc) is 3.17. The number of hydrogen-bond acceptors (Lipinski definition) is 6. The Labute approximate surface area is 163 Å². The van der Waals surface area contributed by atoms with Gasteiger partial charge in [-0.15, -0.1) is 0 Å². The highest BCUT2D eigenvalue weighted by atomic mass is 32.2. The van der Waals surface area contributed by atoms with Gasteiger partial charge in [0.1, 0.15) is 15.9 Å². The molecule has 9 heteroatoms. The fourth-order valence-electron chi connectivity index (χ4n) is 3.98. The van der Waals surface area contributed by atoms with E-state index in [0.717, 1.165) is 44.1 Å². The van der Waals surface area contributed by atoms with Crippen molar-refractivity contribution in [2.24, 2.45) is 11.8 Å². The summed E-state index contributed by atoms with van der Waals surface area (Å²) in [6, 6.07) is 5.03. The van der Waals surface area contributed by atoms with Gasteiger partial charge in [-0.1, -0.05) is 13.0 Å². The first kappa shape index (κ1) is 18.8. The van der Waals surface area contributed by atoms with E-state index < -0.39 is 10.0 Å². The lowest BCUT2D eigenvalue weighted by Crippen LogP contribution is -2.48. The molecule has 0 saturated carbocycles. The van der Waals surface area contributed by atoms with Crippen molar-refractivity contribution in [2.45, 2.75) is 37.5 Å². The van der Waals surface area contributed by atoms with Crippen molar-refractivity contribution >= 4 is 38.7 Å². The number of aromatic nitrogens is 2. The van der Waals surface area contributed by atoms with Gasteiger partial charge < -0.3 is 4.90 Å². The van der Waals surface area contributed by atoms with Crippen LogP contribution < -0.4 is 0 Å². The lowest BCUT2D eigenvalue weighted by molar-refractivity contribution is -0.138. The molecule has 7 nitrogen and oxygen atoms in total. The molecule has 2 saturated heterocycles. The smallest absolute Gasteiger partial charge is 0.245 e. The molecule has 0 N–H and O–H groups in total. The standard InChI is InChI=1S/C18H24N4O3S2/c1-13-7-10-21(11-8-13)18(23)14-4-3-9-22(12-14)27(24,25)16-6-2-5-15-17(16)20-26-19-15/h2,5-6,13-14H,3-4,7-12H2,1H3/t14-/m0/s1. The number of fused-ring (bicyclic) bond motifs is 1. The van der Waals surface area contributed by atoms with Gasteiger partial charge in [0, 0.05) is 26.2 Å². The van der Waals surface area contributed by atoms with Gasteiger partial charge in [0.15, 0.2) is 0 Å². The van der Waals surface area contributed by atoms with Crippen LogP contribution in [0.3, 0.4) is 0 Å². The molecule has 2 aliphatic heterocycles. The highest BCUT2D eigenvalue weighted by Gasteiger charge is 2.36. The van der Waals surface area contributed by atoms with E-state index >= 15 is 0 Å². The van der Waals surface area contributed by atoms with E-state index in [1.807, 2.05) is 4.90 Å². The number of carbonyl (C=O) groups excluding carboxylic acids is 1. The van der Waals surface area contributed by atoms with Crippen LogP contribution in [0.5, 0.6) is 0 Å². The first-order valence-corrected chi connectivity index (χ1v) is 11.6. The number of likely N-dealkylation sites (tertiary alicyclic amines) is 1. The van der Waals surface area contributed by atoms with Crippen LogP contribution in [-0.4, -0.2) is 58.5 Å². The van der Waals surface area contributed by atoms with Gasteiger partial charge in [-0.25, -0.2) is 8.42 Å². The third kappa shape index (κ3) is 3.60. The Morgan fingerprint density at radius 3 is 2.70 bits per heavy atom.